The molecule has 1 aliphatic carbocycles. The zero-order valence-corrected chi connectivity index (χ0v) is 12.2. The minimum atomic E-state index is 0.384. The van der Waals surface area contributed by atoms with Crippen molar-refractivity contribution in [2.24, 2.45) is 5.84 Å². The van der Waals surface area contributed by atoms with Gasteiger partial charge in [-0.05, 0) is 26.2 Å². The third kappa shape index (κ3) is 2.45. The topological polar surface area (TPSA) is 76.3 Å². The second-order valence-corrected chi connectivity index (χ2v) is 5.63. The lowest BCUT2D eigenvalue weighted by atomic mass is 10.1. The Morgan fingerprint density at radius 1 is 1.40 bits per heavy atom. The Kier molecular flexibility index (Phi) is 3.76. The molecule has 1 saturated heterocycles. The summed E-state index contributed by atoms with van der Waals surface area (Å²) in [6, 6.07) is 0.384. The number of nitrogen functional groups attached to an aromatic ring is 1. The number of hydrazine groups is 1. The fraction of sp³-hybridized carbons (Fsp3) is 0.714. The number of anilines is 2. The molecule has 3 N–H and O–H groups in total. The Hall–Kier alpha value is -1.40. The highest BCUT2D eigenvalue weighted by molar-refractivity contribution is 5.59. The third-order valence-electron chi connectivity index (χ3n) is 4.19. The number of nitrogens with zero attached hydrogens (tertiary/aromatic N) is 3. The van der Waals surface area contributed by atoms with Gasteiger partial charge in [0.05, 0.1) is 19.3 Å². The van der Waals surface area contributed by atoms with Gasteiger partial charge in [-0.25, -0.2) is 15.8 Å². The van der Waals surface area contributed by atoms with Gasteiger partial charge in [0.1, 0.15) is 17.5 Å². The van der Waals surface area contributed by atoms with E-state index in [1.54, 1.807) is 0 Å². The number of ether oxygens (including phenoxy) is 1. The average molecular weight is 277 g/mol. The van der Waals surface area contributed by atoms with Crippen molar-refractivity contribution >= 4 is 11.6 Å². The zero-order chi connectivity index (χ0) is 14.1. The molecule has 0 aromatic carbocycles. The first-order valence-corrected chi connectivity index (χ1v) is 7.44. The maximum atomic E-state index is 5.62. The van der Waals surface area contributed by atoms with Gasteiger partial charge in [0.15, 0.2) is 0 Å². The molecule has 0 radical (unpaired) electrons. The standard InChI is InChI=1S/C14H23N5O/c1-3-11-8-20-7-6-19(11)14-9(2)12(18-15)16-13(17-14)10-4-5-10/h10-11H,3-8,15H2,1-2H3,(H,16,17,18). The van der Waals surface area contributed by atoms with Gasteiger partial charge in [0, 0.05) is 18.0 Å². The molecule has 1 atom stereocenters. The fourth-order valence-electron chi connectivity index (χ4n) is 2.74. The van der Waals surface area contributed by atoms with Crippen molar-refractivity contribution in [2.75, 3.05) is 30.1 Å². The summed E-state index contributed by atoms with van der Waals surface area (Å²) in [4.78, 5) is 11.7. The first-order valence-electron chi connectivity index (χ1n) is 7.44. The summed E-state index contributed by atoms with van der Waals surface area (Å²) in [7, 11) is 0. The van der Waals surface area contributed by atoms with Crippen LogP contribution < -0.4 is 16.2 Å². The van der Waals surface area contributed by atoms with Gasteiger partial charge in [-0.3, -0.25) is 0 Å². The van der Waals surface area contributed by atoms with Gasteiger partial charge in [0.2, 0.25) is 0 Å². The number of hydrogen-bond acceptors (Lipinski definition) is 6. The summed E-state index contributed by atoms with van der Waals surface area (Å²) in [5.74, 6) is 8.84. The minimum absolute atomic E-state index is 0.384. The van der Waals surface area contributed by atoms with Crippen LogP contribution in [0.5, 0.6) is 0 Å². The summed E-state index contributed by atoms with van der Waals surface area (Å²) >= 11 is 0. The summed E-state index contributed by atoms with van der Waals surface area (Å²) in [6.45, 7) is 6.62. The first kappa shape index (κ1) is 13.6. The van der Waals surface area contributed by atoms with Crippen LogP contribution in [0, 0.1) is 6.92 Å². The quantitative estimate of drug-likeness (QED) is 0.642. The highest BCUT2D eigenvalue weighted by Crippen LogP contribution is 2.40. The van der Waals surface area contributed by atoms with Gasteiger partial charge in [0.25, 0.3) is 0 Å². The minimum Gasteiger partial charge on any atom is -0.377 e. The van der Waals surface area contributed by atoms with Crippen LogP contribution >= 0.6 is 0 Å². The van der Waals surface area contributed by atoms with Gasteiger partial charge >= 0.3 is 0 Å². The summed E-state index contributed by atoms with van der Waals surface area (Å²) < 4.78 is 5.59. The number of nitrogens with one attached hydrogen (secondary N) is 1. The predicted molar refractivity (Wildman–Crippen MR) is 78.8 cm³/mol. The lowest BCUT2D eigenvalue weighted by Gasteiger charge is -2.37. The van der Waals surface area contributed by atoms with Crippen LogP contribution in [0.4, 0.5) is 11.6 Å². The van der Waals surface area contributed by atoms with Crippen molar-refractivity contribution in [3.05, 3.63) is 11.4 Å². The molecule has 1 saturated carbocycles. The predicted octanol–water partition coefficient (Wildman–Crippen LogP) is 1.56. The second-order valence-electron chi connectivity index (χ2n) is 5.63. The van der Waals surface area contributed by atoms with E-state index < -0.39 is 0 Å². The molecule has 0 spiro atoms. The van der Waals surface area contributed by atoms with Crippen molar-refractivity contribution in [2.45, 2.75) is 45.1 Å². The normalized spacial score (nSPS) is 22.9. The van der Waals surface area contributed by atoms with Crippen LogP contribution in [0.2, 0.25) is 0 Å². The molecule has 20 heavy (non-hydrogen) atoms. The lowest BCUT2D eigenvalue weighted by molar-refractivity contribution is 0.0925. The molecule has 0 bridgehead atoms. The summed E-state index contributed by atoms with van der Waals surface area (Å²) in [5, 5.41) is 0. The average Bonchev–Trinajstić information content (AvgIpc) is 3.32. The molecule has 3 rings (SSSR count). The molecule has 0 amide bonds. The Morgan fingerprint density at radius 2 is 2.20 bits per heavy atom. The van der Waals surface area contributed by atoms with E-state index in [0.29, 0.717) is 12.0 Å². The van der Waals surface area contributed by atoms with Gasteiger partial charge in [-0.15, -0.1) is 0 Å². The van der Waals surface area contributed by atoms with E-state index in [2.05, 4.69) is 22.2 Å². The van der Waals surface area contributed by atoms with E-state index in [1.165, 1.54) is 12.8 Å². The molecule has 2 aliphatic rings. The second kappa shape index (κ2) is 5.54. The molecule has 2 fully saturated rings. The van der Waals surface area contributed by atoms with Crippen LogP contribution in [-0.4, -0.2) is 35.8 Å². The molecule has 110 valence electrons. The van der Waals surface area contributed by atoms with E-state index in [9.17, 15) is 0 Å². The monoisotopic (exact) mass is 277 g/mol. The van der Waals surface area contributed by atoms with Crippen LogP contribution in [-0.2, 0) is 4.74 Å². The highest BCUT2D eigenvalue weighted by Gasteiger charge is 2.31. The molecule has 2 heterocycles. The Labute approximate surface area is 119 Å². The molecule has 1 unspecified atom stereocenters. The van der Waals surface area contributed by atoms with Crippen LogP contribution in [0.3, 0.4) is 0 Å². The highest BCUT2D eigenvalue weighted by atomic mass is 16.5. The van der Waals surface area contributed by atoms with E-state index in [-0.39, 0.29) is 0 Å². The van der Waals surface area contributed by atoms with Crippen molar-refractivity contribution in [1.82, 2.24) is 9.97 Å². The molecule has 6 nitrogen and oxygen atoms in total. The van der Waals surface area contributed by atoms with Crippen molar-refractivity contribution in [3.8, 4) is 0 Å². The van der Waals surface area contributed by atoms with E-state index in [1.807, 2.05) is 6.92 Å². The number of nitrogens with two attached hydrogens (primary N) is 1. The Morgan fingerprint density at radius 3 is 2.85 bits per heavy atom. The molecule has 1 aliphatic heterocycles. The number of aromatic nitrogens is 2. The molecular weight excluding hydrogens is 254 g/mol. The number of rotatable bonds is 4. The number of morpholine rings is 1. The largest absolute Gasteiger partial charge is 0.377 e. The van der Waals surface area contributed by atoms with E-state index in [4.69, 9.17) is 15.6 Å². The Bertz CT molecular complexity index is 489. The maximum absolute atomic E-state index is 5.62. The number of hydrogen-bond donors (Lipinski definition) is 2. The fourth-order valence-corrected chi connectivity index (χ4v) is 2.74. The Balaban J connectivity index is 1.99. The molecule has 1 aromatic heterocycles. The zero-order valence-electron chi connectivity index (χ0n) is 12.2. The van der Waals surface area contributed by atoms with Crippen molar-refractivity contribution in [3.63, 3.8) is 0 Å². The molecular formula is C14H23N5O. The van der Waals surface area contributed by atoms with Crippen LogP contribution in [0.25, 0.3) is 0 Å². The maximum Gasteiger partial charge on any atom is 0.148 e. The van der Waals surface area contributed by atoms with E-state index >= 15 is 0 Å². The van der Waals surface area contributed by atoms with Gasteiger partial charge < -0.3 is 15.1 Å². The van der Waals surface area contributed by atoms with Crippen molar-refractivity contribution in [1.29, 1.82) is 0 Å². The lowest BCUT2D eigenvalue weighted by Crippen LogP contribution is -2.46. The molecule has 6 heteroatoms. The van der Waals surface area contributed by atoms with Crippen molar-refractivity contribution < 1.29 is 4.74 Å². The van der Waals surface area contributed by atoms with E-state index in [0.717, 1.165) is 49.2 Å². The van der Waals surface area contributed by atoms with Gasteiger partial charge in [-0.1, -0.05) is 6.92 Å². The summed E-state index contributed by atoms with van der Waals surface area (Å²) in [5.41, 5.74) is 3.75. The SMILES string of the molecule is CCC1COCCN1c1nc(C2CC2)nc(NN)c1C. The summed E-state index contributed by atoms with van der Waals surface area (Å²) in [6.07, 6.45) is 3.42. The van der Waals surface area contributed by atoms with Crippen LogP contribution in [0.15, 0.2) is 0 Å². The first-order chi connectivity index (χ1) is 9.74. The van der Waals surface area contributed by atoms with Gasteiger partial charge in [-0.2, -0.15) is 0 Å². The smallest absolute Gasteiger partial charge is 0.148 e. The van der Waals surface area contributed by atoms with Crippen LogP contribution in [0.1, 0.15) is 43.5 Å². The molecule has 1 aromatic rings. The third-order valence-corrected chi connectivity index (χ3v) is 4.19.